The zero-order valence-electron chi connectivity index (χ0n) is 17.1. The molecule has 1 N–H and O–H groups in total. The molecule has 0 aromatic heterocycles. The third-order valence-corrected chi connectivity index (χ3v) is 4.78. The Morgan fingerprint density at radius 3 is 2.03 bits per heavy atom. The number of hydrogen-bond acceptors (Lipinski definition) is 5. The van der Waals surface area contributed by atoms with Crippen LogP contribution in [-0.2, 0) is 21.6 Å². The smallest absolute Gasteiger partial charge is 0.430 e. The molecule has 0 atom stereocenters. The molecular formula is C21H19ClF6O5. The van der Waals surface area contributed by atoms with Gasteiger partial charge in [0, 0.05) is 12.0 Å². The van der Waals surface area contributed by atoms with Crippen molar-refractivity contribution in [3.8, 4) is 11.5 Å². The highest BCUT2D eigenvalue weighted by molar-refractivity contribution is 6.32. The van der Waals surface area contributed by atoms with Gasteiger partial charge in [0.1, 0.15) is 11.5 Å². The summed E-state index contributed by atoms with van der Waals surface area (Å²) < 4.78 is 93.1. The molecule has 0 saturated carbocycles. The van der Waals surface area contributed by atoms with Gasteiger partial charge < -0.3 is 19.3 Å². The van der Waals surface area contributed by atoms with Crippen molar-refractivity contribution in [1.82, 2.24) is 0 Å². The number of alkyl halides is 6. The minimum absolute atomic E-state index is 0.00228. The van der Waals surface area contributed by atoms with E-state index in [1.165, 1.54) is 7.11 Å². The van der Waals surface area contributed by atoms with Crippen molar-refractivity contribution < 1.29 is 50.5 Å². The van der Waals surface area contributed by atoms with E-state index in [-0.39, 0.29) is 31.4 Å². The molecule has 2 rings (SSSR count). The molecule has 0 heterocycles. The third-order valence-electron chi connectivity index (χ3n) is 4.48. The van der Waals surface area contributed by atoms with E-state index >= 15 is 0 Å². The Hall–Kier alpha value is -2.66. The summed E-state index contributed by atoms with van der Waals surface area (Å²) in [5.74, 6) is -0.0159. The van der Waals surface area contributed by atoms with Gasteiger partial charge in [-0.15, -0.1) is 0 Å². The first kappa shape index (κ1) is 26.6. The van der Waals surface area contributed by atoms with Crippen LogP contribution in [0.2, 0.25) is 5.02 Å². The molecule has 0 fully saturated rings. The van der Waals surface area contributed by atoms with Crippen LogP contribution in [0.3, 0.4) is 0 Å². The number of halogens is 7. The molecule has 0 unspecified atom stereocenters. The molecule has 2 aromatic carbocycles. The molecular weight excluding hydrogens is 482 g/mol. The van der Waals surface area contributed by atoms with Crippen molar-refractivity contribution in [3.05, 3.63) is 58.6 Å². The van der Waals surface area contributed by atoms with Crippen molar-refractivity contribution >= 4 is 17.6 Å². The van der Waals surface area contributed by atoms with Crippen LogP contribution in [0, 0.1) is 0 Å². The highest BCUT2D eigenvalue weighted by Gasteiger charge is 2.71. The maximum absolute atomic E-state index is 13.0. The number of carbonyl (C=O) groups excluding carboxylic acids is 1. The lowest BCUT2D eigenvalue weighted by Crippen LogP contribution is -2.53. The monoisotopic (exact) mass is 500 g/mol. The Labute approximate surface area is 189 Å². The zero-order chi connectivity index (χ0) is 24.9. The topological polar surface area (TPSA) is 65.0 Å². The summed E-state index contributed by atoms with van der Waals surface area (Å²) in [6, 6.07) is 8.31. The Morgan fingerprint density at radius 1 is 0.939 bits per heavy atom. The second kappa shape index (κ2) is 10.5. The van der Waals surface area contributed by atoms with Crippen molar-refractivity contribution in [2.24, 2.45) is 0 Å². The average molecular weight is 501 g/mol. The minimum atomic E-state index is -6.01. The van der Waals surface area contributed by atoms with Gasteiger partial charge in [0.15, 0.2) is 0 Å². The number of hydrogen-bond donors (Lipinski definition) is 1. The molecule has 12 heteroatoms. The van der Waals surface area contributed by atoms with E-state index in [4.69, 9.17) is 21.1 Å². The average Bonchev–Trinajstić information content (AvgIpc) is 2.73. The van der Waals surface area contributed by atoms with Crippen molar-refractivity contribution in [2.75, 3.05) is 20.3 Å². The predicted molar refractivity (Wildman–Crippen MR) is 105 cm³/mol. The van der Waals surface area contributed by atoms with E-state index in [2.05, 4.69) is 4.74 Å². The Kier molecular flexibility index (Phi) is 8.47. The van der Waals surface area contributed by atoms with Crippen molar-refractivity contribution in [3.63, 3.8) is 0 Å². The molecule has 182 valence electrons. The molecule has 0 saturated heterocycles. The molecule has 5 nitrogen and oxygen atoms in total. The fourth-order valence-corrected chi connectivity index (χ4v) is 2.94. The predicted octanol–water partition coefficient (Wildman–Crippen LogP) is 5.22. The van der Waals surface area contributed by atoms with Crippen LogP contribution < -0.4 is 9.47 Å². The van der Waals surface area contributed by atoms with Crippen LogP contribution in [0.4, 0.5) is 26.3 Å². The first-order chi connectivity index (χ1) is 15.3. The third kappa shape index (κ3) is 6.44. The maximum Gasteiger partial charge on any atom is 0.430 e. The second-order valence-electron chi connectivity index (χ2n) is 6.80. The SMILES string of the molecule is COC(=O)Cc1ccc(OCCCOc2ccc(C(O)(C(F)(F)F)C(F)(F)F)cc2Cl)cc1. The molecule has 0 aliphatic rings. The van der Waals surface area contributed by atoms with Crippen molar-refractivity contribution in [2.45, 2.75) is 30.8 Å². The zero-order valence-corrected chi connectivity index (χ0v) is 17.9. The summed E-state index contributed by atoms with van der Waals surface area (Å²) >= 11 is 5.77. The number of methoxy groups -OCH3 is 1. The molecule has 0 spiro atoms. The van der Waals surface area contributed by atoms with E-state index in [9.17, 15) is 36.2 Å². The summed E-state index contributed by atoms with van der Waals surface area (Å²) in [6.45, 7) is 0.191. The Balaban J connectivity index is 1.91. The minimum Gasteiger partial charge on any atom is -0.493 e. The van der Waals surface area contributed by atoms with Crippen LogP contribution in [0.15, 0.2) is 42.5 Å². The van der Waals surface area contributed by atoms with Crippen LogP contribution in [0.25, 0.3) is 0 Å². The van der Waals surface area contributed by atoms with E-state index in [1.807, 2.05) is 0 Å². The first-order valence-electron chi connectivity index (χ1n) is 9.37. The van der Waals surface area contributed by atoms with Gasteiger partial charge in [-0.2, -0.15) is 26.3 Å². The number of benzene rings is 2. The van der Waals surface area contributed by atoms with Gasteiger partial charge in [-0.1, -0.05) is 29.8 Å². The number of carbonyl (C=O) groups is 1. The quantitative estimate of drug-likeness (QED) is 0.291. The molecule has 0 aliphatic carbocycles. The highest BCUT2D eigenvalue weighted by Crippen LogP contribution is 2.50. The summed E-state index contributed by atoms with van der Waals surface area (Å²) in [7, 11) is 1.29. The number of ether oxygens (including phenoxy) is 3. The molecule has 0 amide bonds. The Morgan fingerprint density at radius 2 is 1.52 bits per heavy atom. The number of rotatable bonds is 9. The normalized spacial score (nSPS) is 12.4. The number of esters is 1. The fourth-order valence-electron chi connectivity index (χ4n) is 2.70. The molecule has 0 radical (unpaired) electrons. The van der Waals surface area contributed by atoms with Gasteiger partial charge in [-0.3, -0.25) is 4.79 Å². The van der Waals surface area contributed by atoms with E-state index in [0.717, 1.165) is 11.6 Å². The summed E-state index contributed by atoms with van der Waals surface area (Å²) in [4.78, 5) is 11.2. The van der Waals surface area contributed by atoms with Gasteiger partial charge in [-0.05, 0) is 29.8 Å². The lowest BCUT2D eigenvalue weighted by atomic mass is 9.92. The van der Waals surface area contributed by atoms with Crippen LogP contribution in [-0.4, -0.2) is 43.8 Å². The second-order valence-corrected chi connectivity index (χ2v) is 7.21. The van der Waals surface area contributed by atoms with E-state index in [1.54, 1.807) is 24.3 Å². The molecule has 2 aromatic rings. The Bertz CT molecular complexity index is 930. The largest absolute Gasteiger partial charge is 0.493 e. The lowest BCUT2D eigenvalue weighted by molar-refractivity contribution is -0.376. The van der Waals surface area contributed by atoms with Crippen LogP contribution >= 0.6 is 11.6 Å². The molecule has 0 aliphatic heterocycles. The lowest BCUT2D eigenvalue weighted by Gasteiger charge is -2.32. The van der Waals surface area contributed by atoms with E-state index < -0.39 is 28.5 Å². The maximum atomic E-state index is 13.0. The molecule has 0 bridgehead atoms. The van der Waals surface area contributed by atoms with Gasteiger partial charge in [-0.25, -0.2) is 0 Å². The van der Waals surface area contributed by atoms with Crippen LogP contribution in [0.5, 0.6) is 11.5 Å². The standard InChI is InChI=1S/C21H19ClF6O5/c1-31-18(29)11-13-3-6-15(7-4-13)32-9-2-10-33-17-8-5-14(12-16(17)22)19(30,20(23,24)25)21(26,27)28/h3-8,12,30H,2,9-11H2,1H3. The van der Waals surface area contributed by atoms with Gasteiger partial charge in [0.05, 0.1) is 31.8 Å². The van der Waals surface area contributed by atoms with Crippen LogP contribution in [0.1, 0.15) is 17.5 Å². The summed E-state index contributed by atoms with van der Waals surface area (Å²) in [5.41, 5.74) is -5.81. The van der Waals surface area contributed by atoms with Gasteiger partial charge >= 0.3 is 18.3 Å². The van der Waals surface area contributed by atoms with Gasteiger partial charge in [0.2, 0.25) is 0 Å². The summed E-state index contributed by atoms with van der Waals surface area (Å²) in [5, 5.41) is 8.88. The highest BCUT2D eigenvalue weighted by atomic mass is 35.5. The fraction of sp³-hybridized carbons (Fsp3) is 0.381. The number of aliphatic hydroxyl groups is 1. The first-order valence-corrected chi connectivity index (χ1v) is 9.74. The van der Waals surface area contributed by atoms with Gasteiger partial charge in [0.25, 0.3) is 5.60 Å². The van der Waals surface area contributed by atoms with Crippen molar-refractivity contribution in [1.29, 1.82) is 0 Å². The van der Waals surface area contributed by atoms with E-state index in [0.29, 0.717) is 24.3 Å². The summed E-state index contributed by atoms with van der Waals surface area (Å²) in [6.07, 6.45) is -11.6. The molecule has 33 heavy (non-hydrogen) atoms.